The van der Waals surface area contributed by atoms with Gasteiger partial charge >= 0.3 is 5.97 Å². The molecule has 2 aromatic rings. The largest absolute Gasteiger partial charge is 0.468 e. The van der Waals surface area contributed by atoms with Crippen molar-refractivity contribution in [3.8, 4) is 6.07 Å². The number of rotatable bonds is 7. The molecule has 0 bridgehead atoms. The number of halogens is 1. The molecular formula is C25H24ClN3O4S. The molecule has 2 N–H and O–H groups in total. The summed E-state index contributed by atoms with van der Waals surface area (Å²) in [5, 5.41) is 16.1. The van der Waals surface area contributed by atoms with E-state index in [-0.39, 0.29) is 22.3 Å². The molecule has 1 heterocycles. The topological polar surface area (TPSA) is 108 Å². The van der Waals surface area contributed by atoms with Gasteiger partial charge in [-0.25, -0.2) is 0 Å². The van der Waals surface area contributed by atoms with E-state index in [4.69, 9.17) is 16.3 Å². The number of allylic oxidation sites excluding steroid dienone is 1. The summed E-state index contributed by atoms with van der Waals surface area (Å²) in [6, 6.07) is 16.3. The second-order valence-corrected chi connectivity index (χ2v) is 9.41. The van der Waals surface area contributed by atoms with Crippen LogP contribution in [0.5, 0.6) is 0 Å². The zero-order valence-corrected chi connectivity index (χ0v) is 20.5. The van der Waals surface area contributed by atoms with Crippen LogP contribution in [0.15, 0.2) is 59.1 Å². The van der Waals surface area contributed by atoms with Crippen molar-refractivity contribution in [2.75, 3.05) is 18.2 Å². The fraction of sp³-hybridized carbons (Fsp3) is 0.280. The van der Waals surface area contributed by atoms with E-state index in [1.165, 1.54) is 7.11 Å². The summed E-state index contributed by atoms with van der Waals surface area (Å²) in [7, 11) is 1.20. The number of hydrogen-bond donors (Lipinski definition) is 2. The van der Waals surface area contributed by atoms with Crippen LogP contribution in [0.1, 0.15) is 36.8 Å². The van der Waals surface area contributed by atoms with E-state index < -0.39 is 23.7 Å². The Labute approximate surface area is 207 Å². The van der Waals surface area contributed by atoms with E-state index in [9.17, 15) is 19.6 Å². The molecule has 2 amide bonds. The van der Waals surface area contributed by atoms with Gasteiger partial charge in [-0.05, 0) is 35.2 Å². The van der Waals surface area contributed by atoms with Crippen molar-refractivity contribution in [3.05, 3.63) is 75.3 Å². The zero-order valence-electron chi connectivity index (χ0n) is 18.9. The number of nitriles is 1. The van der Waals surface area contributed by atoms with Gasteiger partial charge in [0, 0.05) is 16.6 Å². The van der Waals surface area contributed by atoms with Crippen LogP contribution in [0.2, 0.25) is 5.02 Å². The van der Waals surface area contributed by atoms with Crippen molar-refractivity contribution in [2.24, 2.45) is 5.92 Å². The summed E-state index contributed by atoms with van der Waals surface area (Å²) in [6.45, 7) is 4.12. The summed E-state index contributed by atoms with van der Waals surface area (Å²) in [4.78, 5) is 37.9. The normalized spacial score (nSPS) is 17.7. The van der Waals surface area contributed by atoms with Gasteiger partial charge in [0.15, 0.2) is 0 Å². The molecule has 7 nitrogen and oxygen atoms in total. The van der Waals surface area contributed by atoms with Gasteiger partial charge in [0.2, 0.25) is 11.8 Å². The van der Waals surface area contributed by atoms with Crippen molar-refractivity contribution in [2.45, 2.75) is 25.7 Å². The molecule has 176 valence electrons. The Balaban J connectivity index is 1.90. The van der Waals surface area contributed by atoms with Crippen LogP contribution in [0.25, 0.3) is 0 Å². The SMILES string of the molecule is COC(=O)[C@H]1C(=O)NC(SCC(=O)Nc2cccc(Cl)c2)=C(C#N)[C@H]1c1ccc(C(C)C)cc1. The highest BCUT2D eigenvalue weighted by Crippen LogP contribution is 2.40. The Hall–Kier alpha value is -3.28. The minimum Gasteiger partial charge on any atom is -0.468 e. The molecule has 0 unspecified atom stereocenters. The molecule has 0 aliphatic carbocycles. The molecule has 1 aliphatic rings. The number of nitrogens with one attached hydrogen (secondary N) is 2. The maximum Gasteiger partial charge on any atom is 0.319 e. The van der Waals surface area contributed by atoms with Gasteiger partial charge in [0.1, 0.15) is 5.92 Å². The van der Waals surface area contributed by atoms with Crippen LogP contribution >= 0.6 is 23.4 Å². The number of esters is 1. The average molecular weight is 498 g/mol. The standard InChI is InChI=1S/C25H24ClN3O4S/c1-14(2)15-7-9-16(10-8-15)21-19(12-27)24(29-23(31)22(21)25(32)33-3)34-13-20(30)28-18-6-4-5-17(26)11-18/h4-11,14,21-22H,13H2,1-3H3,(H,28,30)(H,29,31)/t21-,22-/m1/s1. The van der Waals surface area contributed by atoms with Gasteiger partial charge in [-0.2, -0.15) is 5.26 Å². The van der Waals surface area contributed by atoms with E-state index in [2.05, 4.69) is 30.6 Å². The highest BCUT2D eigenvalue weighted by Gasteiger charge is 2.44. The molecule has 0 spiro atoms. The first kappa shape index (κ1) is 25.3. The summed E-state index contributed by atoms with van der Waals surface area (Å²) < 4.78 is 4.86. The van der Waals surface area contributed by atoms with Gasteiger partial charge in [0.05, 0.1) is 29.5 Å². The third kappa shape index (κ3) is 5.79. The fourth-order valence-electron chi connectivity index (χ4n) is 3.67. The van der Waals surface area contributed by atoms with Crippen molar-refractivity contribution in [1.82, 2.24) is 5.32 Å². The molecule has 2 atom stereocenters. The molecule has 0 radical (unpaired) electrons. The number of thioether (sulfide) groups is 1. The van der Waals surface area contributed by atoms with Gasteiger partial charge < -0.3 is 15.4 Å². The smallest absolute Gasteiger partial charge is 0.319 e. The molecule has 34 heavy (non-hydrogen) atoms. The number of nitrogens with zero attached hydrogens (tertiary/aromatic N) is 1. The number of carbonyl (C=O) groups excluding carboxylic acids is 3. The highest BCUT2D eigenvalue weighted by atomic mass is 35.5. The van der Waals surface area contributed by atoms with Crippen LogP contribution in [-0.4, -0.2) is 30.6 Å². The number of anilines is 1. The lowest BCUT2D eigenvalue weighted by Crippen LogP contribution is -2.44. The fourth-order valence-corrected chi connectivity index (χ4v) is 4.71. The van der Waals surface area contributed by atoms with Gasteiger partial charge in [-0.15, -0.1) is 0 Å². The quantitative estimate of drug-likeness (QED) is 0.428. The molecular weight excluding hydrogens is 474 g/mol. The summed E-state index contributed by atoms with van der Waals surface area (Å²) in [5.74, 6) is -3.45. The van der Waals surface area contributed by atoms with Crippen molar-refractivity contribution < 1.29 is 19.1 Å². The maximum absolute atomic E-state index is 12.9. The molecule has 0 fully saturated rings. The highest BCUT2D eigenvalue weighted by molar-refractivity contribution is 8.03. The first-order valence-corrected chi connectivity index (χ1v) is 11.9. The molecule has 3 rings (SSSR count). The zero-order chi connectivity index (χ0) is 24.8. The van der Waals surface area contributed by atoms with E-state index in [0.29, 0.717) is 22.2 Å². The van der Waals surface area contributed by atoms with Crippen LogP contribution in [0, 0.1) is 17.2 Å². The molecule has 2 aromatic carbocycles. The monoisotopic (exact) mass is 497 g/mol. The molecule has 9 heteroatoms. The van der Waals surface area contributed by atoms with E-state index in [1.54, 1.807) is 24.3 Å². The van der Waals surface area contributed by atoms with Crippen LogP contribution in [0.3, 0.4) is 0 Å². The predicted octanol–water partition coefficient (Wildman–Crippen LogP) is 4.57. The average Bonchev–Trinajstić information content (AvgIpc) is 2.81. The maximum atomic E-state index is 12.9. The Morgan fingerprint density at radius 3 is 2.53 bits per heavy atom. The lowest BCUT2D eigenvalue weighted by Gasteiger charge is -2.31. The van der Waals surface area contributed by atoms with Crippen LogP contribution in [-0.2, 0) is 19.1 Å². The van der Waals surface area contributed by atoms with Crippen LogP contribution < -0.4 is 10.6 Å². The number of carbonyl (C=O) groups is 3. The number of benzene rings is 2. The lowest BCUT2D eigenvalue weighted by molar-refractivity contribution is -0.150. The summed E-state index contributed by atoms with van der Waals surface area (Å²) in [5.41, 5.74) is 2.48. The Kier molecular flexibility index (Phi) is 8.37. The Morgan fingerprint density at radius 2 is 1.94 bits per heavy atom. The second-order valence-electron chi connectivity index (χ2n) is 7.99. The number of hydrogen-bond acceptors (Lipinski definition) is 6. The van der Waals surface area contributed by atoms with E-state index >= 15 is 0 Å². The number of amides is 2. The first-order valence-electron chi connectivity index (χ1n) is 10.6. The summed E-state index contributed by atoms with van der Waals surface area (Å²) in [6.07, 6.45) is 0. The molecule has 0 saturated heterocycles. The molecule has 1 aliphatic heterocycles. The first-order chi connectivity index (χ1) is 16.2. The predicted molar refractivity (Wildman–Crippen MR) is 132 cm³/mol. The minimum atomic E-state index is -1.21. The van der Waals surface area contributed by atoms with Crippen molar-refractivity contribution in [1.29, 1.82) is 5.26 Å². The lowest BCUT2D eigenvalue weighted by atomic mass is 9.78. The van der Waals surface area contributed by atoms with E-state index in [0.717, 1.165) is 17.3 Å². The van der Waals surface area contributed by atoms with Crippen LogP contribution in [0.4, 0.5) is 5.69 Å². The Morgan fingerprint density at radius 1 is 1.24 bits per heavy atom. The minimum absolute atomic E-state index is 0.0603. The third-order valence-corrected chi connectivity index (χ3v) is 6.65. The number of ether oxygens (including phenoxy) is 1. The van der Waals surface area contributed by atoms with Crippen molar-refractivity contribution >= 4 is 46.8 Å². The molecule has 0 saturated carbocycles. The molecule has 0 aromatic heterocycles. The van der Waals surface area contributed by atoms with Gasteiger partial charge in [0.25, 0.3) is 0 Å². The van der Waals surface area contributed by atoms with Crippen molar-refractivity contribution in [3.63, 3.8) is 0 Å². The summed E-state index contributed by atoms with van der Waals surface area (Å²) >= 11 is 6.97. The van der Waals surface area contributed by atoms with Gasteiger partial charge in [-0.3, -0.25) is 14.4 Å². The second kappa shape index (κ2) is 11.2. The third-order valence-electron chi connectivity index (χ3n) is 5.40. The van der Waals surface area contributed by atoms with E-state index in [1.807, 2.05) is 24.3 Å². The van der Waals surface area contributed by atoms with Gasteiger partial charge in [-0.1, -0.05) is 67.5 Å². The Bertz CT molecular complexity index is 1170. The number of methoxy groups -OCH3 is 1.